The second-order valence-corrected chi connectivity index (χ2v) is 3.30. The van der Waals surface area contributed by atoms with Crippen molar-refractivity contribution < 1.29 is 9.53 Å². The molecule has 1 aliphatic rings. The van der Waals surface area contributed by atoms with E-state index in [-0.39, 0.29) is 11.9 Å². The summed E-state index contributed by atoms with van der Waals surface area (Å²) in [7, 11) is 0. The molecule has 0 spiro atoms. The Labute approximate surface area is 72.5 Å². The summed E-state index contributed by atoms with van der Waals surface area (Å²) in [6, 6.07) is 0.511. The summed E-state index contributed by atoms with van der Waals surface area (Å²) in [6.07, 6.45) is 1.28. The van der Waals surface area contributed by atoms with E-state index in [1.165, 1.54) is 0 Å². The SMILES string of the molecule is C[C@H]1COCCC(CC(N)=O)N1. The van der Waals surface area contributed by atoms with E-state index < -0.39 is 0 Å². The number of nitrogens with two attached hydrogens (primary N) is 1. The van der Waals surface area contributed by atoms with E-state index >= 15 is 0 Å². The first-order valence-corrected chi connectivity index (χ1v) is 4.30. The average Bonchev–Trinajstić information content (AvgIpc) is 2.12. The Hall–Kier alpha value is -0.610. The molecule has 4 heteroatoms. The minimum absolute atomic E-state index is 0.194. The molecule has 1 heterocycles. The number of carbonyl (C=O) groups excluding carboxylic acids is 1. The molecule has 1 saturated heterocycles. The van der Waals surface area contributed by atoms with Crippen molar-refractivity contribution in [1.82, 2.24) is 5.32 Å². The predicted molar refractivity (Wildman–Crippen MR) is 45.6 cm³/mol. The molecular weight excluding hydrogens is 156 g/mol. The molecule has 1 rings (SSSR count). The fraction of sp³-hybridized carbons (Fsp3) is 0.875. The van der Waals surface area contributed by atoms with Gasteiger partial charge in [-0.3, -0.25) is 4.79 Å². The van der Waals surface area contributed by atoms with Gasteiger partial charge in [-0.2, -0.15) is 0 Å². The van der Waals surface area contributed by atoms with E-state index in [2.05, 4.69) is 5.32 Å². The second kappa shape index (κ2) is 4.42. The van der Waals surface area contributed by atoms with Crippen LogP contribution in [0.25, 0.3) is 0 Å². The number of ether oxygens (including phenoxy) is 1. The van der Waals surface area contributed by atoms with Crippen LogP contribution in [0, 0.1) is 0 Å². The predicted octanol–water partition coefficient (Wildman–Crippen LogP) is -0.371. The van der Waals surface area contributed by atoms with E-state index in [1.807, 2.05) is 6.92 Å². The summed E-state index contributed by atoms with van der Waals surface area (Å²) < 4.78 is 5.30. The van der Waals surface area contributed by atoms with Crippen molar-refractivity contribution in [2.24, 2.45) is 5.73 Å². The Morgan fingerprint density at radius 1 is 1.75 bits per heavy atom. The maximum atomic E-state index is 10.6. The summed E-state index contributed by atoms with van der Waals surface area (Å²) in [5.41, 5.74) is 5.10. The molecular formula is C8H16N2O2. The number of primary amides is 1. The highest BCUT2D eigenvalue weighted by molar-refractivity contribution is 5.74. The van der Waals surface area contributed by atoms with Gasteiger partial charge in [0.15, 0.2) is 0 Å². The van der Waals surface area contributed by atoms with Gasteiger partial charge in [0.25, 0.3) is 0 Å². The average molecular weight is 172 g/mol. The molecule has 1 unspecified atom stereocenters. The minimum atomic E-state index is -0.249. The molecule has 1 fully saturated rings. The first-order valence-electron chi connectivity index (χ1n) is 4.30. The number of rotatable bonds is 2. The molecule has 70 valence electrons. The summed E-state index contributed by atoms with van der Waals surface area (Å²) in [5, 5.41) is 3.28. The standard InChI is InChI=1S/C8H16N2O2/c1-6-5-12-3-2-7(10-6)4-8(9)11/h6-7,10H,2-5H2,1H3,(H2,9,11)/t6-,7?/m0/s1. The van der Waals surface area contributed by atoms with Gasteiger partial charge in [0.2, 0.25) is 5.91 Å². The largest absolute Gasteiger partial charge is 0.380 e. The van der Waals surface area contributed by atoms with Gasteiger partial charge < -0.3 is 15.8 Å². The Morgan fingerprint density at radius 2 is 2.50 bits per heavy atom. The Balaban J connectivity index is 2.35. The zero-order chi connectivity index (χ0) is 8.97. The summed E-state index contributed by atoms with van der Waals surface area (Å²) in [4.78, 5) is 10.6. The minimum Gasteiger partial charge on any atom is -0.380 e. The highest BCUT2D eigenvalue weighted by Crippen LogP contribution is 2.04. The maximum Gasteiger partial charge on any atom is 0.218 e. The van der Waals surface area contributed by atoms with E-state index in [1.54, 1.807) is 0 Å². The molecule has 4 nitrogen and oxygen atoms in total. The first-order chi connectivity index (χ1) is 5.68. The number of hydrogen-bond acceptors (Lipinski definition) is 3. The lowest BCUT2D eigenvalue weighted by atomic mass is 10.1. The van der Waals surface area contributed by atoms with Crippen molar-refractivity contribution in [3.8, 4) is 0 Å². The summed E-state index contributed by atoms with van der Waals surface area (Å²) in [5.74, 6) is -0.249. The molecule has 0 radical (unpaired) electrons. The summed E-state index contributed by atoms with van der Waals surface area (Å²) >= 11 is 0. The lowest BCUT2D eigenvalue weighted by Gasteiger charge is -2.16. The highest BCUT2D eigenvalue weighted by atomic mass is 16.5. The van der Waals surface area contributed by atoms with Gasteiger partial charge in [-0.15, -0.1) is 0 Å². The Morgan fingerprint density at radius 3 is 3.17 bits per heavy atom. The normalized spacial score (nSPS) is 31.1. The van der Waals surface area contributed by atoms with Crippen molar-refractivity contribution in [3.63, 3.8) is 0 Å². The van der Waals surface area contributed by atoms with Gasteiger partial charge in [0.05, 0.1) is 6.61 Å². The first kappa shape index (κ1) is 9.48. The monoisotopic (exact) mass is 172 g/mol. The third-order valence-electron chi connectivity index (χ3n) is 1.95. The number of hydrogen-bond donors (Lipinski definition) is 2. The van der Waals surface area contributed by atoms with Crippen LogP contribution in [0.4, 0.5) is 0 Å². The molecule has 0 aliphatic carbocycles. The van der Waals surface area contributed by atoms with Crippen molar-refractivity contribution >= 4 is 5.91 Å². The molecule has 1 aliphatic heterocycles. The molecule has 0 saturated carbocycles. The molecule has 0 aromatic rings. The van der Waals surface area contributed by atoms with Gasteiger partial charge in [-0.05, 0) is 13.3 Å². The van der Waals surface area contributed by atoms with Crippen LogP contribution in [0.1, 0.15) is 19.8 Å². The van der Waals surface area contributed by atoms with Gasteiger partial charge in [-0.1, -0.05) is 0 Å². The maximum absolute atomic E-state index is 10.6. The van der Waals surface area contributed by atoms with Crippen LogP contribution in [0.15, 0.2) is 0 Å². The van der Waals surface area contributed by atoms with Crippen LogP contribution in [-0.4, -0.2) is 31.2 Å². The lowest BCUT2D eigenvalue weighted by molar-refractivity contribution is -0.118. The topological polar surface area (TPSA) is 64.3 Å². The molecule has 1 amide bonds. The van der Waals surface area contributed by atoms with Crippen LogP contribution in [-0.2, 0) is 9.53 Å². The summed E-state index contributed by atoms with van der Waals surface area (Å²) in [6.45, 7) is 3.48. The van der Waals surface area contributed by atoms with Crippen LogP contribution in [0.2, 0.25) is 0 Å². The Bertz CT molecular complexity index is 161. The molecule has 12 heavy (non-hydrogen) atoms. The van der Waals surface area contributed by atoms with E-state index in [9.17, 15) is 4.79 Å². The lowest BCUT2D eigenvalue weighted by Crippen LogP contribution is -2.39. The van der Waals surface area contributed by atoms with Crippen molar-refractivity contribution in [1.29, 1.82) is 0 Å². The fourth-order valence-corrected chi connectivity index (χ4v) is 1.42. The van der Waals surface area contributed by atoms with E-state index in [4.69, 9.17) is 10.5 Å². The number of carbonyl (C=O) groups is 1. The number of amides is 1. The van der Waals surface area contributed by atoms with E-state index in [0.717, 1.165) is 19.6 Å². The third kappa shape index (κ3) is 3.19. The molecule has 0 aromatic heterocycles. The van der Waals surface area contributed by atoms with Crippen molar-refractivity contribution in [3.05, 3.63) is 0 Å². The van der Waals surface area contributed by atoms with Crippen LogP contribution in [0.5, 0.6) is 0 Å². The molecule has 0 aromatic carbocycles. The van der Waals surface area contributed by atoms with Crippen molar-refractivity contribution in [2.45, 2.75) is 31.8 Å². The van der Waals surface area contributed by atoms with Gasteiger partial charge in [0, 0.05) is 25.1 Å². The molecule has 2 atom stereocenters. The zero-order valence-corrected chi connectivity index (χ0v) is 7.38. The second-order valence-electron chi connectivity index (χ2n) is 3.30. The van der Waals surface area contributed by atoms with E-state index in [0.29, 0.717) is 12.5 Å². The zero-order valence-electron chi connectivity index (χ0n) is 7.38. The molecule has 0 bridgehead atoms. The van der Waals surface area contributed by atoms with Crippen LogP contribution in [0.3, 0.4) is 0 Å². The number of nitrogens with one attached hydrogen (secondary N) is 1. The van der Waals surface area contributed by atoms with Gasteiger partial charge >= 0.3 is 0 Å². The highest BCUT2D eigenvalue weighted by Gasteiger charge is 2.17. The van der Waals surface area contributed by atoms with Gasteiger partial charge in [-0.25, -0.2) is 0 Å². The van der Waals surface area contributed by atoms with Crippen LogP contribution >= 0.6 is 0 Å². The smallest absolute Gasteiger partial charge is 0.218 e. The fourth-order valence-electron chi connectivity index (χ4n) is 1.42. The Kier molecular flexibility index (Phi) is 3.49. The molecule has 3 N–H and O–H groups in total. The quantitative estimate of drug-likeness (QED) is 0.597. The van der Waals surface area contributed by atoms with Crippen molar-refractivity contribution in [2.75, 3.05) is 13.2 Å². The van der Waals surface area contributed by atoms with Gasteiger partial charge in [0.1, 0.15) is 0 Å². The third-order valence-corrected chi connectivity index (χ3v) is 1.95. The van der Waals surface area contributed by atoms with Crippen LogP contribution < -0.4 is 11.1 Å².